The Kier molecular flexibility index (Phi) is 6.75. The molecule has 13 heavy (non-hydrogen) atoms. The van der Waals surface area contributed by atoms with E-state index >= 15 is 0 Å². The van der Waals surface area contributed by atoms with Crippen LogP contribution in [0.2, 0.25) is 0 Å². The van der Waals surface area contributed by atoms with E-state index in [4.69, 9.17) is 0 Å². The molecular weight excluding hydrogens is 167 g/mol. The Balaban J connectivity index is 0.00000144. The maximum absolute atomic E-state index is 3.42. The SMILES string of the molecule is CCc1[c-]c(CC)cc(CC)c1.[Na+]. The van der Waals surface area contributed by atoms with E-state index in [0.717, 1.165) is 19.3 Å². The molecule has 0 saturated carbocycles. The zero-order valence-electron chi connectivity index (χ0n) is 9.28. The maximum Gasteiger partial charge on any atom is 1.00 e. The van der Waals surface area contributed by atoms with Gasteiger partial charge in [0.1, 0.15) is 0 Å². The minimum atomic E-state index is 0. The van der Waals surface area contributed by atoms with Crippen molar-refractivity contribution in [1.82, 2.24) is 0 Å². The number of hydrogen-bond donors (Lipinski definition) is 0. The average Bonchev–Trinajstić information content (AvgIpc) is 2.16. The molecule has 1 aromatic rings. The summed E-state index contributed by atoms with van der Waals surface area (Å²) in [5.41, 5.74) is 4.15. The third-order valence-electron chi connectivity index (χ3n) is 2.21. The second kappa shape index (κ2) is 6.64. The van der Waals surface area contributed by atoms with Crippen LogP contribution < -0.4 is 29.6 Å². The molecule has 0 heterocycles. The van der Waals surface area contributed by atoms with E-state index in [1.807, 2.05) is 0 Å². The smallest absolute Gasteiger partial charge is 0.177 e. The third-order valence-corrected chi connectivity index (χ3v) is 2.21. The predicted molar refractivity (Wildman–Crippen MR) is 53.4 cm³/mol. The quantitative estimate of drug-likeness (QED) is 0.464. The van der Waals surface area contributed by atoms with Gasteiger partial charge < -0.3 is 0 Å². The van der Waals surface area contributed by atoms with Gasteiger partial charge in [-0.3, -0.25) is 0 Å². The predicted octanol–water partition coefficient (Wildman–Crippen LogP) is 0.178. The molecular formula is C12H17Na. The first-order chi connectivity index (χ1) is 5.80. The first-order valence-electron chi connectivity index (χ1n) is 4.84. The van der Waals surface area contributed by atoms with Gasteiger partial charge in [-0.15, -0.1) is 0 Å². The zero-order valence-corrected chi connectivity index (χ0v) is 11.3. The van der Waals surface area contributed by atoms with Gasteiger partial charge in [0.15, 0.2) is 0 Å². The van der Waals surface area contributed by atoms with Crippen molar-refractivity contribution in [2.24, 2.45) is 0 Å². The minimum Gasteiger partial charge on any atom is -0.177 e. The summed E-state index contributed by atoms with van der Waals surface area (Å²) in [6, 6.07) is 7.94. The van der Waals surface area contributed by atoms with Crippen molar-refractivity contribution >= 4 is 0 Å². The van der Waals surface area contributed by atoms with Crippen LogP contribution in [0.1, 0.15) is 37.5 Å². The van der Waals surface area contributed by atoms with Crippen LogP contribution >= 0.6 is 0 Å². The van der Waals surface area contributed by atoms with Gasteiger partial charge in [0.05, 0.1) is 0 Å². The van der Waals surface area contributed by atoms with Gasteiger partial charge in [-0.25, -0.2) is 0 Å². The van der Waals surface area contributed by atoms with Crippen LogP contribution in [-0.4, -0.2) is 0 Å². The van der Waals surface area contributed by atoms with Crippen molar-refractivity contribution in [3.63, 3.8) is 0 Å². The van der Waals surface area contributed by atoms with Gasteiger partial charge in [-0.05, 0) is 0 Å². The zero-order chi connectivity index (χ0) is 8.97. The van der Waals surface area contributed by atoms with E-state index in [0.29, 0.717) is 0 Å². The van der Waals surface area contributed by atoms with E-state index in [1.165, 1.54) is 16.7 Å². The average molecular weight is 184 g/mol. The summed E-state index contributed by atoms with van der Waals surface area (Å²) in [6.07, 6.45) is 3.33. The largest absolute Gasteiger partial charge is 1.00 e. The monoisotopic (exact) mass is 184 g/mol. The summed E-state index contributed by atoms with van der Waals surface area (Å²) in [6.45, 7) is 6.57. The minimum absolute atomic E-state index is 0. The second-order valence-corrected chi connectivity index (χ2v) is 3.10. The molecule has 0 aliphatic carbocycles. The van der Waals surface area contributed by atoms with Crippen LogP contribution in [0.4, 0.5) is 0 Å². The number of aryl methyl sites for hydroxylation is 3. The number of hydrogen-bond acceptors (Lipinski definition) is 0. The summed E-state index contributed by atoms with van der Waals surface area (Å²) in [4.78, 5) is 0. The van der Waals surface area contributed by atoms with E-state index in [2.05, 4.69) is 39.0 Å². The van der Waals surface area contributed by atoms with Gasteiger partial charge in [-0.1, -0.05) is 40.0 Å². The summed E-state index contributed by atoms with van der Waals surface area (Å²) in [7, 11) is 0. The van der Waals surface area contributed by atoms with Crippen LogP contribution in [0, 0.1) is 6.07 Å². The molecule has 0 amide bonds. The molecule has 0 unspecified atom stereocenters. The maximum atomic E-state index is 3.42. The molecule has 1 rings (SSSR count). The molecule has 0 aliphatic rings. The van der Waals surface area contributed by atoms with Crippen LogP contribution in [0.3, 0.4) is 0 Å². The molecule has 0 fully saturated rings. The first kappa shape index (κ1) is 13.2. The Labute approximate surface area is 104 Å². The van der Waals surface area contributed by atoms with Crippen molar-refractivity contribution < 1.29 is 29.6 Å². The molecule has 0 aromatic heterocycles. The summed E-state index contributed by atoms with van der Waals surface area (Å²) in [5, 5.41) is 0. The van der Waals surface area contributed by atoms with Crippen molar-refractivity contribution in [3.05, 3.63) is 34.9 Å². The molecule has 0 spiro atoms. The Bertz CT molecular complexity index is 198. The number of rotatable bonds is 3. The van der Waals surface area contributed by atoms with Crippen LogP contribution in [-0.2, 0) is 19.3 Å². The van der Waals surface area contributed by atoms with Crippen molar-refractivity contribution in [1.29, 1.82) is 0 Å². The molecule has 0 aliphatic heterocycles. The van der Waals surface area contributed by atoms with Gasteiger partial charge in [0, 0.05) is 0 Å². The Morgan fingerprint density at radius 3 is 1.69 bits per heavy atom. The van der Waals surface area contributed by atoms with E-state index in [9.17, 15) is 0 Å². The standard InChI is InChI=1S/C12H17.Na/c1-4-10-7-11(5-2)9-12(6-3)8-10;/h7-8H,4-6H2,1-3H3;/q-1;+1. The van der Waals surface area contributed by atoms with Gasteiger partial charge in [0.25, 0.3) is 0 Å². The number of benzene rings is 1. The molecule has 0 N–H and O–H groups in total. The van der Waals surface area contributed by atoms with E-state index < -0.39 is 0 Å². The van der Waals surface area contributed by atoms with Crippen molar-refractivity contribution in [3.8, 4) is 0 Å². The summed E-state index contributed by atoms with van der Waals surface area (Å²) >= 11 is 0. The molecule has 66 valence electrons. The molecule has 0 nitrogen and oxygen atoms in total. The Hall–Kier alpha value is 0.220. The fourth-order valence-electron chi connectivity index (χ4n) is 1.35. The fraction of sp³-hybridized carbons (Fsp3) is 0.500. The molecule has 1 aromatic carbocycles. The van der Waals surface area contributed by atoms with Gasteiger partial charge in [0.2, 0.25) is 0 Å². The Morgan fingerprint density at radius 1 is 0.923 bits per heavy atom. The molecule has 1 heteroatoms. The third kappa shape index (κ3) is 3.84. The van der Waals surface area contributed by atoms with Crippen LogP contribution in [0.25, 0.3) is 0 Å². The molecule has 0 saturated heterocycles. The van der Waals surface area contributed by atoms with Crippen LogP contribution in [0.5, 0.6) is 0 Å². The summed E-state index contributed by atoms with van der Waals surface area (Å²) < 4.78 is 0. The van der Waals surface area contributed by atoms with Gasteiger partial charge >= 0.3 is 29.6 Å². The fourth-order valence-corrected chi connectivity index (χ4v) is 1.35. The normalized spacial score (nSPS) is 9.46. The van der Waals surface area contributed by atoms with Crippen LogP contribution in [0.15, 0.2) is 12.1 Å². The molecule has 0 bridgehead atoms. The second-order valence-electron chi connectivity index (χ2n) is 3.10. The van der Waals surface area contributed by atoms with Crippen molar-refractivity contribution in [2.45, 2.75) is 40.0 Å². The first-order valence-corrected chi connectivity index (χ1v) is 4.84. The molecule has 0 atom stereocenters. The molecule has 0 radical (unpaired) electrons. The van der Waals surface area contributed by atoms with E-state index in [1.54, 1.807) is 0 Å². The summed E-state index contributed by atoms with van der Waals surface area (Å²) in [5.74, 6) is 0. The van der Waals surface area contributed by atoms with Crippen molar-refractivity contribution in [2.75, 3.05) is 0 Å². The Morgan fingerprint density at radius 2 is 1.38 bits per heavy atom. The van der Waals surface area contributed by atoms with Gasteiger partial charge in [-0.2, -0.15) is 34.9 Å². The topological polar surface area (TPSA) is 0 Å². The van der Waals surface area contributed by atoms with E-state index in [-0.39, 0.29) is 29.6 Å².